The quantitative estimate of drug-likeness (QED) is 0.494. The van der Waals surface area contributed by atoms with Crippen molar-refractivity contribution in [2.45, 2.75) is 56.8 Å². The van der Waals surface area contributed by atoms with Gasteiger partial charge in [0.05, 0.1) is 20.1 Å². The van der Waals surface area contributed by atoms with Crippen LogP contribution >= 0.6 is 0 Å². The lowest BCUT2D eigenvalue weighted by Gasteiger charge is -2.29. The van der Waals surface area contributed by atoms with Gasteiger partial charge in [0.15, 0.2) is 11.6 Å². The minimum Gasteiger partial charge on any atom is -0.494 e. The molecular formula is C26H30F2O4. The van der Waals surface area contributed by atoms with E-state index in [1.165, 1.54) is 13.2 Å². The zero-order valence-corrected chi connectivity index (χ0v) is 18.4. The van der Waals surface area contributed by atoms with Gasteiger partial charge in [0.25, 0.3) is 0 Å². The Morgan fingerprint density at radius 2 is 1.81 bits per heavy atom. The minimum atomic E-state index is -0.764. The topological polar surface area (TPSA) is 55.8 Å². The third-order valence-corrected chi connectivity index (χ3v) is 6.92. The molecule has 0 radical (unpaired) electrons. The summed E-state index contributed by atoms with van der Waals surface area (Å²) in [6.45, 7) is 0.582. The number of rotatable bonds is 9. The van der Waals surface area contributed by atoms with Crippen molar-refractivity contribution in [3.8, 4) is 11.5 Å². The number of ether oxygens (including phenoxy) is 2. The molecule has 0 bridgehead atoms. The number of halogens is 2. The Labute approximate surface area is 187 Å². The third kappa shape index (κ3) is 5.40. The fourth-order valence-electron chi connectivity index (χ4n) is 4.95. The van der Waals surface area contributed by atoms with Gasteiger partial charge < -0.3 is 14.6 Å². The first-order chi connectivity index (χ1) is 15.4. The molecule has 0 aromatic heterocycles. The van der Waals surface area contributed by atoms with Crippen molar-refractivity contribution in [1.82, 2.24) is 0 Å². The van der Waals surface area contributed by atoms with Crippen LogP contribution in [0, 0.1) is 23.5 Å². The van der Waals surface area contributed by atoms with E-state index in [4.69, 9.17) is 9.47 Å². The first-order valence-electron chi connectivity index (χ1n) is 11.4. The van der Waals surface area contributed by atoms with Crippen LogP contribution in [0.2, 0.25) is 0 Å². The molecule has 0 heterocycles. The average Bonchev–Trinajstić information content (AvgIpc) is 3.62. The van der Waals surface area contributed by atoms with Gasteiger partial charge >= 0.3 is 5.97 Å². The van der Waals surface area contributed by atoms with Gasteiger partial charge in [-0.05, 0) is 91.5 Å². The minimum absolute atomic E-state index is 0.0501. The number of carbonyl (C=O) groups is 1. The van der Waals surface area contributed by atoms with Gasteiger partial charge in [-0.3, -0.25) is 4.79 Å². The summed E-state index contributed by atoms with van der Waals surface area (Å²) in [7, 11) is 1.39. The summed E-state index contributed by atoms with van der Waals surface area (Å²) in [4.78, 5) is 11.3. The maximum absolute atomic E-state index is 14.3. The molecule has 0 aliphatic heterocycles. The maximum Gasteiger partial charge on any atom is 0.303 e. The molecule has 2 aliphatic carbocycles. The number of aliphatic carboxylic acids is 1. The number of benzene rings is 2. The molecule has 172 valence electrons. The highest BCUT2D eigenvalue weighted by Crippen LogP contribution is 2.45. The van der Waals surface area contributed by atoms with Gasteiger partial charge in [-0.15, -0.1) is 0 Å². The highest BCUT2D eigenvalue weighted by atomic mass is 19.1. The van der Waals surface area contributed by atoms with Crippen LogP contribution in [0.4, 0.5) is 8.78 Å². The van der Waals surface area contributed by atoms with E-state index in [1.54, 1.807) is 0 Å². The van der Waals surface area contributed by atoms with Crippen LogP contribution in [0.1, 0.15) is 67.9 Å². The van der Waals surface area contributed by atoms with Crippen LogP contribution < -0.4 is 9.47 Å². The summed E-state index contributed by atoms with van der Waals surface area (Å²) < 4.78 is 39.1. The van der Waals surface area contributed by atoms with Crippen LogP contribution in [0.5, 0.6) is 11.5 Å². The predicted molar refractivity (Wildman–Crippen MR) is 117 cm³/mol. The Kier molecular flexibility index (Phi) is 6.97. The number of methoxy groups -OCH3 is 1. The number of carboxylic acid groups (broad SMARTS) is 1. The van der Waals surface area contributed by atoms with Crippen LogP contribution in [-0.2, 0) is 4.79 Å². The highest BCUT2D eigenvalue weighted by Gasteiger charge is 2.34. The van der Waals surface area contributed by atoms with Crippen molar-refractivity contribution in [3.63, 3.8) is 0 Å². The van der Waals surface area contributed by atoms with Gasteiger partial charge in [0.1, 0.15) is 11.6 Å². The second-order valence-electron chi connectivity index (χ2n) is 9.15. The van der Waals surface area contributed by atoms with Crippen molar-refractivity contribution in [3.05, 3.63) is 59.2 Å². The molecule has 4 nitrogen and oxygen atoms in total. The fraction of sp³-hybridized carbons (Fsp3) is 0.500. The first kappa shape index (κ1) is 22.6. The number of hydrogen-bond donors (Lipinski definition) is 1. The average molecular weight is 445 g/mol. The van der Waals surface area contributed by atoms with Crippen molar-refractivity contribution in [2.75, 3.05) is 13.7 Å². The molecule has 0 spiro atoms. The Morgan fingerprint density at radius 3 is 2.47 bits per heavy atom. The van der Waals surface area contributed by atoms with E-state index < -0.39 is 17.6 Å². The first-order valence-corrected chi connectivity index (χ1v) is 11.4. The molecule has 0 saturated heterocycles. The smallest absolute Gasteiger partial charge is 0.303 e. The van der Waals surface area contributed by atoms with E-state index in [9.17, 15) is 18.7 Å². The van der Waals surface area contributed by atoms with Crippen molar-refractivity contribution in [2.24, 2.45) is 11.8 Å². The molecule has 4 rings (SSSR count). The molecule has 1 atom stereocenters. The second kappa shape index (κ2) is 9.88. The van der Waals surface area contributed by atoms with Gasteiger partial charge in [-0.1, -0.05) is 12.1 Å². The van der Waals surface area contributed by atoms with Crippen molar-refractivity contribution >= 4 is 5.97 Å². The Morgan fingerprint density at radius 1 is 1.06 bits per heavy atom. The lowest BCUT2D eigenvalue weighted by Crippen LogP contribution is -2.20. The summed E-state index contributed by atoms with van der Waals surface area (Å²) in [5, 5.41) is 9.25. The molecule has 1 N–H and O–H groups in total. The molecule has 0 amide bonds. The van der Waals surface area contributed by atoms with E-state index in [0.29, 0.717) is 24.0 Å². The second-order valence-corrected chi connectivity index (χ2v) is 9.15. The largest absolute Gasteiger partial charge is 0.494 e. The molecule has 2 saturated carbocycles. The van der Waals surface area contributed by atoms with Crippen LogP contribution in [-0.4, -0.2) is 24.8 Å². The van der Waals surface area contributed by atoms with Crippen LogP contribution in [0.25, 0.3) is 0 Å². The van der Waals surface area contributed by atoms with Gasteiger partial charge in [0, 0.05) is 6.07 Å². The van der Waals surface area contributed by atoms with E-state index in [-0.39, 0.29) is 24.0 Å². The maximum atomic E-state index is 14.3. The summed E-state index contributed by atoms with van der Waals surface area (Å²) in [6, 6.07) is 10.2. The molecular weight excluding hydrogens is 414 g/mol. The molecule has 32 heavy (non-hydrogen) atoms. The molecule has 2 aromatic rings. The van der Waals surface area contributed by atoms with Gasteiger partial charge in [-0.2, -0.15) is 0 Å². The fourth-order valence-corrected chi connectivity index (χ4v) is 4.95. The number of carboxylic acids is 1. The SMILES string of the molecule is COc1cc(C2CCC(COc3cccc(C(CC(=O)O)C4CC4)c3)CC2)c(F)cc1F. The zero-order chi connectivity index (χ0) is 22.7. The molecule has 2 aliphatic rings. The lowest BCUT2D eigenvalue weighted by molar-refractivity contribution is -0.137. The summed E-state index contributed by atoms with van der Waals surface area (Å²) in [5.41, 5.74) is 1.57. The standard InChI is InChI=1S/C26H30F2O4/c1-31-25-12-22(23(27)14-24(25)28)18-7-5-16(6-8-18)15-32-20-4-2-3-19(11-20)21(13-26(29)30)17-9-10-17/h2-4,11-12,14,16-18,21H,5-10,13,15H2,1H3,(H,29,30). The van der Waals surface area contributed by atoms with Gasteiger partial charge in [0.2, 0.25) is 0 Å². The lowest BCUT2D eigenvalue weighted by atomic mass is 9.79. The molecule has 2 aromatic carbocycles. The van der Waals surface area contributed by atoms with E-state index in [1.807, 2.05) is 24.3 Å². The monoisotopic (exact) mass is 444 g/mol. The molecule has 2 fully saturated rings. The normalized spacial score (nSPS) is 21.7. The number of hydrogen-bond acceptors (Lipinski definition) is 3. The summed E-state index contributed by atoms with van der Waals surface area (Å²) in [6.07, 6.45) is 5.80. The van der Waals surface area contributed by atoms with E-state index >= 15 is 0 Å². The summed E-state index contributed by atoms with van der Waals surface area (Å²) in [5.74, 6) is -0.153. The van der Waals surface area contributed by atoms with Gasteiger partial charge in [-0.25, -0.2) is 8.78 Å². The van der Waals surface area contributed by atoms with E-state index in [0.717, 1.165) is 55.9 Å². The van der Waals surface area contributed by atoms with Crippen LogP contribution in [0.15, 0.2) is 36.4 Å². The summed E-state index contributed by atoms with van der Waals surface area (Å²) >= 11 is 0. The molecule has 1 unspecified atom stereocenters. The van der Waals surface area contributed by atoms with Crippen molar-refractivity contribution in [1.29, 1.82) is 0 Å². The predicted octanol–water partition coefficient (Wildman–Crippen LogP) is 6.29. The Balaban J connectivity index is 1.32. The van der Waals surface area contributed by atoms with E-state index in [2.05, 4.69) is 0 Å². The zero-order valence-electron chi connectivity index (χ0n) is 18.4. The Bertz CT molecular complexity index is 949. The molecule has 6 heteroatoms. The Hall–Kier alpha value is -2.63. The third-order valence-electron chi connectivity index (χ3n) is 6.92. The van der Waals surface area contributed by atoms with Crippen LogP contribution in [0.3, 0.4) is 0 Å². The highest BCUT2D eigenvalue weighted by molar-refractivity contribution is 5.68. The van der Waals surface area contributed by atoms with Crippen molar-refractivity contribution < 1.29 is 28.2 Å².